The maximum Gasteiger partial charge on any atom is 0.123 e. The van der Waals surface area contributed by atoms with E-state index in [9.17, 15) is 0 Å². The van der Waals surface area contributed by atoms with Crippen molar-refractivity contribution in [2.45, 2.75) is 6.61 Å². The zero-order chi connectivity index (χ0) is 13.0. The van der Waals surface area contributed by atoms with Gasteiger partial charge in [0, 0.05) is 37.6 Å². The molecule has 0 aliphatic carbocycles. The highest BCUT2D eigenvalue weighted by molar-refractivity contribution is 5.49. The number of hydrogen-bond donors (Lipinski definition) is 1. The highest BCUT2D eigenvalue weighted by Crippen LogP contribution is 2.20. The van der Waals surface area contributed by atoms with Crippen LogP contribution in [0, 0.1) is 0 Å². The van der Waals surface area contributed by atoms with Gasteiger partial charge in [0.25, 0.3) is 0 Å². The average Bonchev–Trinajstić information content (AvgIpc) is 2.38. The van der Waals surface area contributed by atoms with E-state index < -0.39 is 0 Å². The van der Waals surface area contributed by atoms with Gasteiger partial charge in [0.05, 0.1) is 0 Å². The first-order valence-electron chi connectivity index (χ1n) is 5.76. The molecule has 0 spiro atoms. The molecule has 0 aliphatic rings. The Balaban J connectivity index is 2.01. The third kappa shape index (κ3) is 3.13. The molecule has 2 rings (SSSR count). The van der Waals surface area contributed by atoms with Crippen molar-refractivity contribution in [1.82, 2.24) is 4.98 Å². The van der Waals surface area contributed by atoms with Crippen LogP contribution in [0.4, 0.5) is 11.5 Å². The lowest BCUT2D eigenvalue weighted by Crippen LogP contribution is -2.08. The minimum Gasteiger partial charge on any atom is -0.489 e. The SMILES string of the molecule is CN(C)c1cccc(OCc2ccc(N)nc2)c1. The molecule has 0 aliphatic heterocycles. The zero-order valence-electron chi connectivity index (χ0n) is 10.6. The van der Waals surface area contributed by atoms with E-state index >= 15 is 0 Å². The van der Waals surface area contributed by atoms with Crippen LogP contribution in [0.2, 0.25) is 0 Å². The van der Waals surface area contributed by atoms with Gasteiger partial charge in [-0.3, -0.25) is 0 Å². The molecular formula is C14H17N3O. The van der Waals surface area contributed by atoms with Crippen molar-refractivity contribution >= 4 is 11.5 Å². The van der Waals surface area contributed by atoms with E-state index in [0.717, 1.165) is 17.0 Å². The smallest absolute Gasteiger partial charge is 0.123 e. The Morgan fingerprint density at radius 3 is 2.72 bits per heavy atom. The van der Waals surface area contributed by atoms with E-state index in [-0.39, 0.29) is 0 Å². The normalized spacial score (nSPS) is 10.1. The van der Waals surface area contributed by atoms with E-state index in [1.807, 2.05) is 49.3 Å². The minimum absolute atomic E-state index is 0.490. The molecule has 0 atom stereocenters. The summed E-state index contributed by atoms with van der Waals surface area (Å²) >= 11 is 0. The molecule has 0 saturated heterocycles. The molecule has 18 heavy (non-hydrogen) atoms. The number of rotatable bonds is 4. The second-order valence-corrected chi connectivity index (χ2v) is 4.27. The molecular weight excluding hydrogens is 226 g/mol. The first-order chi connectivity index (χ1) is 8.65. The molecule has 0 fully saturated rings. The first kappa shape index (κ1) is 12.2. The van der Waals surface area contributed by atoms with E-state index in [2.05, 4.69) is 4.98 Å². The molecule has 1 heterocycles. The monoisotopic (exact) mass is 243 g/mol. The lowest BCUT2D eigenvalue weighted by molar-refractivity contribution is 0.306. The van der Waals surface area contributed by atoms with Crippen LogP contribution in [0.15, 0.2) is 42.6 Å². The predicted octanol–water partition coefficient (Wildman–Crippen LogP) is 2.31. The fourth-order valence-electron chi connectivity index (χ4n) is 1.54. The van der Waals surface area contributed by atoms with Crippen molar-refractivity contribution in [3.05, 3.63) is 48.2 Å². The molecule has 0 saturated carbocycles. The highest BCUT2D eigenvalue weighted by atomic mass is 16.5. The maximum atomic E-state index is 5.72. The summed E-state index contributed by atoms with van der Waals surface area (Å²) in [6, 6.07) is 11.7. The van der Waals surface area contributed by atoms with Crippen molar-refractivity contribution in [3.8, 4) is 5.75 Å². The van der Waals surface area contributed by atoms with Gasteiger partial charge in [-0.25, -0.2) is 4.98 Å². The Kier molecular flexibility index (Phi) is 3.67. The largest absolute Gasteiger partial charge is 0.489 e. The minimum atomic E-state index is 0.490. The maximum absolute atomic E-state index is 5.72. The lowest BCUT2D eigenvalue weighted by Gasteiger charge is -2.14. The van der Waals surface area contributed by atoms with Crippen LogP contribution in [-0.4, -0.2) is 19.1 Å². The van der Waals surface area contributed by atoms with Crippen LogP contribution in [0.1, 0.15) is 5.56 Å². The van der Waals surface area contributed by atoms with Gasteiger partial charge in [-0.2, -0.15) is 0 Å². The van der Waals surface area contributed by atoms with E-state index in [1.165, 1.54) is 0 Å². The number of benzene rings is 1. The summed E-state index contributed by atoms with van der Waals surface area (Å²) in [5.41, 5.74) is 7.64. The quantitative estimate of drug-likeness (QED) is 0.895. The predicted molar refractivity (Wildman–Crippen MR) is 73.8 cm³/mol. The zero-order valence-corrected chi connectivity index (χ0v) is 10.6. The van der Waals surface area contributed by atoms with E-state index in [1.54, 1.807) is 12.3 Å². The number of hydrogen-bond acceptors (Lipinski definition) is 4. The topological polar surface area (TPSA) is 51.4 Å². The Morgan fingerprint density at radius 2 is 2.06 bits per heavy atom. The standard InChI is InChI=1S/C14H17N3O/c1-17(2)12-4-3-5-13(8-12)18-10-11-6-7-14(15)16-9-11/h3-9H,10H2,1-2H3,(H2,15,16). The van der Waals surface area contributed by atoms with E-state index in [4.69, 9.17) is 10.5 Å². The number of aromatic nitrogens is 1. The van der Waals surface area contributed by atoms with Crippen molar-refractivity contribution in [3.63, 3.8) is 0 Å². The van der Waals surface area contributed by atoms with Crippen LogP contribution in [0.5, 0.6) is 5.75 Å². The third-order valence-electron chi connectivity index (χ3n) is 2.59. The highest BCUT2D eigenvalue weighted by Gasteiger charge is 2.00. The Morgan fingerprint density at radius 1 is 1.22 bits per heavy atom. The summed E-state index contributed by atoms with van der Waals surface area (Å²) in [7, 11) is 4.01. The molecule has 1 aromatic heterocycles. The number of nitrogen functional groups attached to an aromatic ring is 1. The Bertz CT molecular complexity index is 509. The fourth-order valence-corrected chi connectivity index (χ4v) is 1.54. The number of ether oxygens (including phenoxy) is 1. The average molecular weight is 243 g/mol. The summed E-state index contributed by atoms with van der Waals surface area (Å²) in [5, 5.41) is 0. The molecule has 0 radical (unpaired) electrons. The first-order valence-corrected chi connectivity index (χ1v) is 5.76. The molecule has 0 amide bonds. The molecule has 0 unspecified atom stereocenters. The van der Waals surface area contributed by atoms with Gasteiger partial charge in [-0.1, -0.05) is 12.1 Å². The van der Waals surface area contributed by atoms with Gasteiger partial charge in [0.2, 0.25) is 0 Å². The van der Waals surface area contributed by atoms with Crippen LogP contribution >= 0.6 is 0 Å². The van der Waals surface area contributed by atoms with Crippen LogP contribution in [-0.2, 0) is 6.61 Å². The summed E-state index contributed by atoms with van der Waals surface area (Å²) < 4.78 is 5.72. The van der Waals surface area contributed by atoms with Crippen molar-refractivity contribution in [1.29, 1.82) is 0 Å². The summed E-state index contributed by atoms with van der Waals surface area (Å²) in [6.07, 6.45) is 1.73. The Labute approximate surface area is 107 Å². The van der Waals surface area contributed by atoms with Gasteiger partial charge in [-0.15, -0.1) is 0 Å². The Hall–Kier alpha value is -2.23. The van der Waals surface area contributed by atoms with Gasteiger partial charge < -0.3 is 15.4 Å². The van der Waals surface area contributed by atoms with Crippen LogP contribution < -0.4 is 15.4 Å². The summed E-state index contributed by atoms with van der Waals surface area (Å²) in [5.74, 6) is 1.37. The van der Waals surface area contributed by atoms with E-state index in [0.29, 0.717) is 12.4 Å². The molecule has 2 aromatic rings. The summed E-state index contributed by atoms with van der Waals surface area (Å²) in [6.45, 7) is 0.490. The number of nitrogens with two attached hydrogens (primary N) is 1. The van der Waals surface area contributed by atoms with Crippen molar-refractivity contribution in [2.24, 2.45) is 0 Å². The van der Waals surface area contributed by atoms with Gasteiger partial charge >= 0.3 is 0 Å². The third-order valence-corrected chi connectivity index (χ3v) is 2.59. The molecule has 4 heteroatoms. The van der Waals surface area contributed by atoms with Crippen molar-refractivity contribution < 1.29 is 4.74 Å². The van der Waals surface area contributed by atoms with Crippen molar-refractivity contribution in [2.75, 3.05) is 24.7 Å². The number of pyridine rings is 1. The van der Waals surface area contributed by atoms with Crippen LogP contribution in [0.3, 0.4) is 0 Å². The van der Waals surface area contributed by atoms with Gasteiger partial charge in [0.15, 0.2) is 0 Å². The molecule has 0 bridgehead atoms. The second-order valence-electron chi connectivity index (χ2n) is 4.27. The molecule has 1 aromatic carbocycles. The van der Waals surface area contributed by atoms with Gasteiger partial charge in [-0.05, 0) is 18.2 Å². The van der Waals surface area contributed by atoms with Gasteiger partial charge in [0.1, 0.15) is 18.2 Å². The number of nitrogens with zero attached hydrogens (tertiary/aromatic N) is 2. The summed E-state index contributed by atoms with van der Waals surface area (Å²) in [4.78, 5) is 6.07. The molecule has 4 nitrogen and oxygen atoms in total. The fraction of sp³-hybridized carbons (Fsp3) is 0.214. The second kappa shape index (κ2) is 5.40. The molecule has 2 N–H and O–H groups in total. The van der Waals surface area contributed by atoms with Crippen LogP contribution in [0.25, 0.3) is 0 Å². The number of anilines is 2. The lowest BCUT2D eigenvalue weighted by atomic mass is 10.2. The molecule has 94 valence electrons.